The van der Waals surface area contributed by atoms with Crippen molar-refractivity contribution < 1.29 is 9.59 Å². The third kappa shape index (κ3) is 4.80. The summed E-state index contributed by atoms with van der Waals surface area (Å²) < 4.78 is 0. The standard InChI is InChI=1S/C19H19ClN4O2/c1-13-5-3-4-6-16(13)23-18(25)15-7-8-17(22-11-15)19(26)24(2)12-14(9-20)10-21/h3-8,11,14H,9,12H2,1-2H3,(H,23,25). The van der Waals surface area contributed by atoms with Crippen molar-refractivity contribution in [1.82, 2.24) is 9.88 Å². The number of pyridine rings is 1. The van der Waals surface area contributed by atoms with Gasteiger partial charge in [-0.2, -0.15) is 5.26 Å². The van der Waals surface area contributed by atoms with Gasteiger partial charge in [0.1, 0.15) is 5.69 Å². The second-order valence-electron chi connectivity index (χ2n) is 5.87. The van der Waals surface area contributed by atoms with Gasteiger partial charge in [0.05, 0.1) is 17.6 Å². The number of aryl methyl sites for hydroxylation is 1. The summed E-state index contributed by atoms with van der Waals surface area (Å²) in [5.41, 5.74) is 2.23. The van der Waals surface area contributed by atoms with Gasteiger partial charge in [0, 0.05) is 31.4 Å². The van der Waals surface area contributed by atoms with E-state index in [0.717, 1.165) is 11.3 Å². The number of nitriles is 1. The molecule has 0 bridgehead atoms. The Morgan fingerprint density at radius 1 is 1.31 bits per heavy atom. The number of nitrogens with one attached hydrogen (secondary N) is 1. The first kappa shape index (κ1) is 19.4. The van der Waals surface area contributed by atoms with Crippen molar-refractivity contribution in [1.29, 1.82) is 5.26 Å². The van der Waals surface area contributed by atoms with Crippen LogP contribution in [0.3, 0.4) is 0 Å². The number of amides is 2. The van der Waals surface area contributed by atoms with Crippen LogP contribution in [0.4, 0.5) is 5.69 Å². The fourth-order valence-corrected chi connectivity index (χ4v) is 2.46. The molecule has 7 heteroatoms. The number of carbonyl (C=O) groups excluding carboxylic acids is 2. The number of rotatable bonds is 6. The predicted octanol–water partition coefficient (Wildman–Crippen LogP) is 3.09. The van der Waals surface area contributed by atoms with Gasteiger partial charge in [0.25, 0.3) is 11.8 Å². The van der Waals surface area contributed by atoms with Crippen molar-refractivity contribution in [2.45, 2.75) is 6.92 Å². The minimum absolute atomic E-state index is 0.152. The molecule has 1 unspecified atom stereocenters. The molecule has 26 heavy (non-hydrogen) atoms. The van der Waals surface area contributed by atoms with Crippen LogP contribution in [0.25, 0.3) is 0 Å². The summed E-state index contributed by atoms with van der Waals surface area (Å²) in [5.74, 6) is -0.920. The van der Waals surface area contributed by atoms with Gasteiger partial charge in [-0.3, -0.25) is 14.6 Å². The fraction of sp³-hybridized carbons (Fsp3) is 0.263. The minimum Gasteiger partial charge on any atom is -0.339 e. The van der Waals surface area contributed by atoms with Crippen LogP contribution in [0.1, 0.15) is 26.4 Å². The summed E-state index contributed by atoms with van der Waals surface area (Å²) in [6.07, 6.45) is 1.36. The number of para-hydroxylation sites is 1. The highest BCUT2D eigenvalue weighted by Gasteiger charge is 2.18. The van der Waals surface area contributed by atoms with Gasteiger partial charge in [-0.1, -0.05) is 18.2 Å². The van der Waals surface area contributed by atoms with E-state index in [1.807, 2.05) is 37.3 Å². The van der Waals surface area contributed by atoms with Gasteiger partial charge in [-0.25, -0.2) is 0 Å². The van der Waals surface area contributed by atoms with E-state index in [1.165, 1.54) is 17.2 Å². The van der Waals surface area contributed by atoms with Gasteiger partial charge >= 0.3 is 0 Å². The lowest BCUT2D eigenvalue weighted by molar-refractivity contribution is 0.0779. The van der Waals surface area contributed by atoms with Gasteiger partial charge < -0.3 is 10.2 Å². The maximum Gasteiger partial charge on any atom is 0.272 e. The quantitative estimate of drug-likeness (QED) is 0.791. The van der Waals surface area contributed by atoms with E-state index in [4.69, 9.17) is 16.9 Å². The SMILES string of the molecule is Cc1ccccc1NC(=O)c1ccc(C(=O)N(C)CC(C#N)CCl)nc1. The third-order valence-electron chi connectivity index (χ3n) is 3.85. The third-order valence-corrected chi connectivity index (χ3v) is 4.22. The number of nitrogens with zero attached hydrogens (tertiary/aromatic N) is 3. The molecule has 2 aromatic rings. The predicted molar refractivity (Wildman–Crippen MR) is 100 cm³/mol. The molecule has 0 saturated carbocycles. The molecule has 1 heterocycles. The zero-order valence-corrected chi connectivity index (χ0v) is 15.3. The molecule has 6 nitrogen and oxygen atoms in total. The summed E-state index contributed by atoms with van der Waals surface area (Å²) in [5, 5.41) is 11.7. The van der Waals surface area contributed by atoms with Crippen LogP contribution < -0.4 is 5.32 Å². The van der Waals surface area contributed by atoms with E-state index < -0.39 is 5.92 Å². The van der Waals surface area contributed by atoms with Crippen molar-refractivity contribution in [2.24, 2.45) is 5.92 Å². The van der Waals surface area contributed by atoms with E-state index in [2.05, 4.69) is 10.3 Å². The molecule has 2 amide bonds. The maximum absolute atomic E-state index is 12.3. The monoisotopic (exact) mass is 370 g/mol. The highest BCUT2D eigenvalue weighted by molar-refractivity contribution is 6.18. The van der Waals surface area contributed by atoms with Crippen molar-refractivity contribution in [3.8, 4) is 6.07 Å². The van der Waals surface area contributed by atoms with E-state index in [9.17, 15) is 9.59 Å². The zero-order valence-electron chi connectivity index (χ0n) is 14.6. The molecule has 0 saturated heterocycles. The largest absolute Gasteiger partial charge is 0.339 e. The second-order valence-corrected chi connectivity index (χ2v) is 6.18. The number of hydrogen-bond acceptors (Lipinski definition) is 4. The second kappa shape index (κ2) is 8.97. The van der Waals surface area contributed by atoms with Crippen LogP contribution in [-0.4, -0.2) is 41.2 Å². The molecular weight excluding hydrogens is 352 g/mol. The average molecular weight is 371 g/mol. The lowest BCUT2D eigenvalue weighted by Gasteiger charge is -2.18. The summed E-state index contributed by atoms with van der Waals surface area (Å²) in [6.45, 7) is 2.12. The molecule has 0 fully saturated rings. The molecular formula is C19H19ClN4O2. The van der Waals surface area contributed by atoms with Gasteiger partial charge in [0.2, 0.25) is 0 Å². The highest BCUT2D eigenvalue weighted by atomic mass is 35.5. The van der Waals surface area contributed by atoms with Crippen LogP contribution in [0, 0.1) is 24.2 Å². The van der Waals surface area contributed by atoms with Gasteiger partial charge in [0.15, 0.2) is 0 Å². The lowest BCUT2D eigenvalue weighted by Crippen LogP contribution is -2.32. The first-order valence-corrected chi connectivity index (χ1v) is 8.53. The molecule has 1 N–H and O–H groups in total. The molecule has 2 rings (SSSR count). The molecule has 1 aromatic heterocycles. The average Bonchev–Trinajstić information content (AvgIpc) is 2.67. The number of hydrogen-bond donors (Lipinski definition) is 1. The molecule has 1 atom stereocenters. The molecule has 1 aromatic carbocycles. The zero-order chi connectivity index (χ0) is 19.1. The molecule has 0 spiro atoms. The topological polar surface area (TPSA) is 86.1 Å². The van der Waals surface area contributed by atoms with Gasteiger partial charge in [-0.05, 0) is 30.7 Å². The smallest absolute Gasteiger partial charge is 0.272 e. The molecule has 0 aliphatic carbocycles. The molecule has 0 radical (unpaired) electrons. The maximum atomic E-state index is 12.3. The van der Waals surface area contributed by atoms with Crippen LogP contribution in [-0.2, 0) is 0 Å². The molecule has 0 aliphatic rings. The van der Waals surface area contributed by atoms with Crippen molar-refractivity contribution >= 4 is 29.1 Å². The Hall–Kier alpha value is -2.91. The Labute approximate surface area is 157 Å². The number of alkyl halides is 1. The van der Waals surface area contributed by atoms with Crippen LogP contribution in [0.2, 0.25) is 0 Å². The van der Waals surface area contributed by atoms with Crippen LogP contribution >= 0.6 is 11.6 Å². The number of aromatic nitrogens is 1. The Kier molecular flexibility index (Phi) is 6.70. The van der Waals surface area contributed by atoms with E-state index in [1.54, 1.807) is 13.1 Å². The van der Waals surface area contributed by atoms with Crippen LogP contribution in [0.5, 0.6) is 0 Å². The Morgan fingerprint density at radius 2 is 2.04 bits per heavy atom. The van der Waals surface area contributed by atoms with E-state index in [-0.39, 0.29) is 29.9 Å². The Balaban J connectivity index is 2.05. The van der Waals surface area contributed by atoms with E-state index in [0.29, 0.717) is 5.56 Å². The van der Waals surface area contributed by atoms with Crippen molar-refractivity contribution in [3.63, 3.8) is 0 Å². The molecule has 0 aliphatic heterocycles. The van der Waals surface area contributed by atoms with Gasteiger partial charge in [-0.15, -0.1) is 11.6 Å². The summed E-state index contributed by atoms with van der Waals surface area (Å²) in [6, 6.07) is 12.5. The van der Waals surface area contributed by atoms with Crippen LogP contribution in [0.15, 0.2) is 42.6 Å². The first-order chi connectivity index (χ1) is 12.5. The molecule has 134 valence electrons. The number of anilines is 1. The number of carbonyl (C=O) groups is 2. The lowest BCUT2D eigenvalue weighted by atomic mass is 10.1. The summed E-state index contributed by atoms with van der Waals surface area (Å²) in [7, 11) is 1.58. The number of benzene rings is 1. The van der Waals surface area contributed by atoms with Crippen molar-refractivity contribution in [2.75, 3.05) is 24.8 Å². The number of halogens is 1. The summed E-state index contributed by atoms with van der Waals surface area (Å²) in [4.78, 5) is 30.1. The first-order valence-electron chi connectivity index (χ1n) is 8.00. The summed E-state index contributed by atoms with van der Waals surface area (Å²) >= 11 is 5.68. The Bertz CT molecular complexity index is 830. The minimum atomic E-state index is -0.440. The normalized spacial score (nSPS) is 11.3. The van der Waals surface area contributed by atoms with Crippen molar-refractivity contribution in [3.05, 3.63) is 59.4 Å². The highest BCUT2D eigenvalue weighted by Crippen LogP contribution is 2.15. The fourth-order valence-electron chi connectivity index (χ4n) is 2.30. The van der Waals surface area contributed by atoms with E-state index >= 15 is 0 Å². The Morgan fingerprint density at radius 3 is 2.62 bits per heavy atom.